The predicted molar refractivity (Wildman–Crippen MR) is 166 cm³/mol. The van der Waals surface area contributed by atoms with Crippen molar-refractivity contribution < 1.29 is 4.74 Å². The van der Waals surface area contributed by atoms with Crippen molar-refractivity contribution in [3.05, 3.63) is 146 Å². The molecule has 41 heavy (non-hydrogen) atoms. The quantitative estimate of drug-likeness (QED) is 0.207. The molecule has 6 heteroatoms. The molecule has 0 saturated heterocycles. The van der Waals surface area contributed by atoms with E-state index in [1.54, 1.807) is 0 Å². The maximum Gasteiger partial charge on any atom is 0.129 e. The molecule has 0 radical (unpaired) electrons. The lowest BCUT2D eigenvalue weighted by atomic mass is 10.0. The summed E-state index contributed by atoms with van der Waals surface area (Å²) in [6.45, 7) is 0.635. The standard InChI is InChI=1S/C35H27N5O/c1-4-12-27(13-5-1)34-24-39(37-35(34)28-14-6-2-7-15-28)30-18-10-20-32(22-30)41-33-21-11-19-31(23-33)40-26-38(25-36-40)29-16-8-3-9-17-29/h1-25H,26H2. The summed E-state index contributed by atoms with van der Waals surface area (Å²) >= 11 is 0. The van der Waals surface area contributed by atoms with Crippen LogP contribution in [0.4, 0.5) is 11.4 Å². The molecule has 1 aliphatic heterocycles. The molecule has 0 atom stereocenters. The molecular formula is C35H27N5O. The minimum absolute atomic E-state index is 0.635. The second kappa shape index (κ2) is 10.9. The Bertz CT molecular complexity index is 1740. The fourth-order valence-corrected chi connectivity index (χ4v) is 4.94. The third-order valence-electron chi connectivity index (χ3n) is 6.98. The summed E-state index contributed by atoms with van der Waals surface area (Å²) in [5, 5.41) is 11.6. The number of hydrogen-bond donors (Lipinski definition) is 0. The lowest BCUT2D eigenvalue weighted by Gasteiger charge is -2.19. The first kappa shape index (κ1) is 24.4. The van der Waals surface area contributed by atoms with Gasteiger partial charge in [-0.25, -0.2) is 9.69 Å². The van der Waals surface area contributed by atoms with Gasteiger partial charge < -0.3 is 9.64 Å². The molecule has 2 heterocycles. The number of rotatable bonds is 7. The zero-order chi connectivity index (χ0) is 27.4. The molecule has 5 aromatic carbocycles. The molecule has 1 aliphatic rings. The molecule has 0 saturated carbocycles. The van der Waals surface area contributed by atoms with Crippen LogP contribution in [-0.2, 0) is 0 Å². The molecular weight excluding hydrogens is 506 g/mol. The summed E-state index contributed by atoms with van der Waals surface area (Å²) in [6.07, 6.45) is 3.94. The van der Waals surface area contributed by atoms with Crippen molar-refractivity contribution in [2.24, 2.45) is 5.10 Å². The number of anilines is 2. The molecule has 0 spiro atoms. The van der Waals surface area contributed by atoms with Gasteiger partial charge in [-0.3, -0.25) is 0 Å². The smallest absolute Gasteiger partial charge is 0.129 e. The highest BCUT2D eigenvalue weighted by Crippen LogP contribution is 2.33. The van der Waals surface area contributed by atoms with Gasteiger partial charge in [0.05, 0.1) is 11.4 Å². The van der Waals surface area contributed by atoms with E-state index >= 15 is 0 Å². The summed E-state index contributed by atoms with van der Waals surface area (Å²) < 4.78 is 8.25. The van der Waals surface area contributed by atoms with Crippen LogP contribution in [0.5, 0.6) is 11.5 Å². The zero-order valence-corrected chi connectivity index (χ0v) is 22.3. The largest absolute Gasteiger partial charge is 0.457 e. The summed E-state index contributed by atoms with van der Waals surface area (Å²) in [6, 6.07) is 46.9. The Kier molecular flexibility index (Phi) is 6.47. The molecule has 6 nitrogen and oxygen atoms in total. The Morgan fingerprint density at radius 2 is 1.15 bits per heavy atom. The SMILES string of the molecule is C1=NN(c2cccc(Oc3cccc(-n4cc(-c5ccccc5)c(-c5ccccc5)n4)c3)c2)CN1c1ccccc1. The number of aromatic nitrogens is 2. The van der Waals surface area contributed by atoms with Gasteiger partial charge in [0, 0.05) is 35.1 Å². The van der Waals surface area contributed by atoms with Crippen molar-refractivity contribution >= 4 is 17.7 Å². The Morgan fingerprint density at radius 3 is 1.85 bits per heavy atom. The van der Waals surface area contributed by atoms with Gasteiger partial charge in [-0.1, -0.05) is 91.0 Å². The van der Waals surface area contributed by atoms with Crippen molar-refractivity contribution in [1.82, 2.24) is 9.78 Å². The average molecular weight is 534 g/mol. The lowest BCUT2D eigenvalue weighted by Crippen LogP contribution is -2.26. The van der Waals surface area contributed by atoms with Crippen molar-refractivity contribution in [3.8, 4) is 39.6 Å². The van der Waals surface area contributed by atoms with Crippen LogP contribution >= 0.6 is 0 Å². The third-order valence-corrected chi connectivity index (χ3v) is 6.98. The van der Waals surface area contributed by atoms with Crippen LogP contribution in [0.3, 0.4) is 0 Å². The van der Waals surface area contributed by atoms with Gasteiger partial charge in [0.2, 0.25) is 0 Å². The van der Waals surface area contributed by atoms with Crippen molar-refractivity contribution in [1.29, 1.82) is 0 Å². The second-order valence-corrected chi connectivity index (χ2v) is 9.74. The topological polar surface area (TPSA) is 45.9 Å². The van der Waals surface area contributed by atoms with Crippen LogP contribution in [0.25, 0.3) is 28.1 Å². The first-order chi connectivity index (χ1) is 20.3. The van der Waals surface area contributed by atoms with E-state index in [0.29, 0.717) is 6.67 Å². The molecule has 0 fully saturated rings. The van der Waals surface area contributed by atoms with Gasteiger partial charge in [0.1, 0.15) is 30.2 Å². The number of nitrogens with zero attached hydrogens (tertiary/aromatic N) is 5. The van der Waals surface area contributed by atoms with E-state index in [4.69, 9.17) is 9.84 Å². The predicted octanol–water partition coefficient (Wildman–Crippen LogP) is 8.23. The highest BCUT2D eigenvalue weighted by molar-refractivity contribution is 5.83. The highest BCUT2D eigenvalue weighted by atomic mass is 16.5. The maximum absolute atomic E-state index is 6.33. The Hall–Kier alpha value is -5.62. The van der Waals surface area contributed by atoms with Crippen LogP contribution in [0.2, 0.25) is 0 Å². The Labute approximate surface area is 239 Å². The Balaban J connectivity index is 1.14. The minimum Gasteiger partial charge on any atom is -0.457 e. The first-order valence-electron chi connectivity index (χ1n) is 13.5. The fourth-order valence-electron chi connectivity index (χ4n) is 4.94. The normalized spacial score (nSPS) is 12.6. The van der Waals surface area contributed by atoms with Gasteiger partial charge in [0.15, 0.2) is 0 Å². The van der Waals surface area contributed by atoms with Gasteiger partial charge in [-0.15, -0.1) is 0 Å². The van der Waals surface area contributed by atoms with Crippen LogP contribution in [-0.4, -0.2) is 22.8 Å². The summed E-state index contributed by atoms with van der Waals surface area (Å²) in [7, 11) is 0. The monoisotopic (exact) mass is 533 g/mol. The second-order valence-electron chi connectivity index (χ2n) is 9.74. The summed E-state index contributed by atoms with van der Waals surface area (Å²) in [5.74, 6) is 1.47. The van der Waals surface area contributed by atoms with E-state index < -0.39 is 0 Å². The van der Waals surface area contributed by atoms with E-state index in [9.17, 15) is 0 Å². The van der Waals surface area contributed by atoms with E-state index in [1.807, 2.05) is 107 Å². The van der Waals surface area contributed by atoms with Crippen molar-refractivity contribution in [2.75, 3.05) is 16.6 Å². The molecule has 7 rings (SSSR count). The van der Waals surface area contributed by atoms with E-state index in [-0.39, 0.29) is 0 Å². The Morgan fingerprint density at radius 1 is 0.561 bits per heavy atom. The minimum atomic E-state index is 0.635. The molecule has 0 aliphatic carbocycles. The van der Waals surface area contributed by atoms with Gasteiger partial charge in [-0.05, 0) is 42.0 Å². The number of hydrogen-bond acceptors (Lipinski definition) is 5. The van der Waals surface area contributed by atoms with Crippen molar-refractivity contribution in [2.45, 2.75) is 0 Å². The molecule has 0 N–H and O–H groups in total. The zero-order valence-electron chi connectivity index (χ0n) is 22.3. The number of hydrazone groups is 1. The van der Waals surface area contributed by atoms with E-state index in [0.717, 1.165) is 50.9 Å². The lowest BCUT2D eigenvalue weighted by molar-refractivity contribution is 0.482. The van der Waals surface area contributed by atoms with Gasteiger partial charge in [0.25, 0.3) is 0 Å². The van der Waals surface area contributed by atoms with Crippen molar-refractivity contribution in [3.63, 3.8) is 0 Å². The summed E-state index contributed by atoms with van der Waals surface area (Å²) in [4.78, 5) is 2.11. The molecule has 0 unspecified atom stereocenters. The van der Waals surface area contributed by atoms with Crippen LogP contribution in [0.15, 0.2) is 151 Å². The maximum atomic E-state index is 6.33. The molecule has 0 amide bonds. The summed E-state index contributed by atoms with van der Waals surface area (Å²) in [5.41, 5.74) is 7.19. The molecule has 6 aromatic rings. The van der Waals surface area contributed by atoms with Gasteiger partial charge in [-0.2, -0.15) is 10.2 Å². The number of para-hydroxylation sites is 1. The number of ether oxygens (including phenoxy) is 1. The average Bonchev–Trinajstić information content (AvgIpc) is 3.72. The third kappa shape index (κ3) is 5.18. The first-order valence-corrected chi connectivity index (χ1v) is 13.5. The molecule has 198 valence electrons. The fraction of sp³-hybridized carbons (Fsp3) is 0.0286. The van der Waals surface area contributed by atoms with Gasteiger partial charge >= 0.3 is 0 Å². The van der Waals surface area contributed by atoms with Crippen LogP contribution < -0.4 is 14.6 Å². The molecule has 1 aromatic heterocycles. The number of benzene rings is 5. The van der Waals surface area contributed by atoms with Crippen LogP contribution in [0, 0.1) is 0 Å². The molecule has 0 bridgehead atoms. The van der Waals surface area contributed by atoms with E-state index in [1.165, 1.54) is 0 Å². The van der Waals surface area contributed by atoms with E-state index in [2.05, 4.69) is 64.7 Å². The van der Waals surface area contributed by atoms with Crippen LogP contribution in [0.1, 0.15) is 0 Å². The highest BCUT2D eigenvalue weighted by Gasteiger charge is 2.18.